The topological polar surface area (TPSA) is 76.9 Å². The van der Waals surface area contributed by atoms with Crippen LogP contribution in [-0.4, -0.2) is 35.0 Å². The van der Waals surface area contributed by atoms with Crippen molar-refractivity contribution in [3.63, 3.8) is 0 Å². The molecule has 3 rings (SSSR count). The van der Waals surface area contributed by atoms with Crippen LogP contribution in [0.5, 0.6) is 0 Å². The zero-order valence-corrected chi connectivity index (χ0v) is 15.1. The van der Waals surface area contributed by atoms with Crippen molar-refractivity contribution in [1.82, 2.24) is 10.1 Å². The summed E-state index contributed by atoms with van der Waals surface area (Å²) in [6.07, 6.45) is 3.70. The average molecular weight is 363 g/mol. The van der Waals surface area contributed by atoms with E-state index in [1.54, 1.807) is 0 Å². The third-order valence-corrected chi connectivity index (χ3v) is 4.65. The fourth-order valence-electron chi connectivity index (χ4n) is 2.95. The van der Waals surface area contributed by atoms with E-state index < -0.39 is 0 Å². The van der Waals surface area contributed by atoms with E-state index in [0.29, 0.717) is 29.2 Å². The van der Waals surface area contributed by atoms with Crippen molar-refractivity contribution in [2.24, 2.45) is 10.9 Å². The molecule has 7 heteroatoms. The van der Waals surface area contributed by atoms with E-state index in [9.17, 15) is 0 Å². The van der Waals surface area contributed by atoms with Crippen molar-refractivity contribution in [3.05, 3.63) is 41.1 Å². The predicted octanol–water partition coefficient (Wildman–Crippen LogP) is 3.66. The molecule has 2 heterocycles. The van der Waals surface area contributed by atoms with Crippen molar-refractivity contribution in [2.45, 2.75) is 38.8 Å². The van der Waals surface area contributed by atoms with Crippen molar-refractivity contribution in [3.8, 4) is 11.3 Å². The summed E-state index contributed by atoms with van der Waals surface area (Å²) < 4.78 is 5.27. The summed E-state index contributed by atoms with van der Waals surface area (Å²) >= 11 is 5.89. The molecule has 0 bridgehead atoms. The monoisotopic (exact) mass is 362 g/mol. The highest BCUT2D eigenvalue weighted by Crippen LogP contribution is 2.21. The Morgan fingerprint density at radius 2 is 2.20 bits per heavy atom. The number of hydrogen-bond donors (Lipinski definition) is 1. The predicted molar refractivity (Wildman–Crippen MR) is 98.2 cm³/mol. The van der Waals surface area contributed by atoms with E-state index >= 15 is 0 Å². The maximum absolute atomic E-state index is 5.97. The maximum Gasteiger partial charge on any atom is 0.177 e. The summed E-state index contributed by atoms with van der Waals surface area (Å²) in [6.45, 7) is 4.11. The molecule has 1 atom stereocenters. The Morgan fingerprint density at radius 1 is 1.40 bits per heavy atom. The number of likely N-dealkylation sites (tertiary alicyclic amines) is 1. The van der Waals surface area contributed by atoms with Crippen molar-refractivity contribution in [2.75, 3.05) is 13.1 Å². The molecular weight excluding hydrogens is 340 g/mol. The average Bonchev–Trinajstić information content (AvgIpc) is 3.06. The van der Waals surface area contributed by atoms with Gasteiger partial charge in [0.15, 0.2) is 18.2 Å². The minimum Gasteiger partial charge on any atom is -0.386 e. The van der Waals surface area contributed by atoms with Crippen LogP contribution in [-0.2, 0) is 11.4 Å². The van der Waals surface area contributed by atoms with Gasteiger partial charge in [-0.2, -0.15) is 0 Å². The number of rotatable bonds is 6. The van der Waals surface area contributed by atoms with Crippen LogP contribution in [0.1, 0.15) is 31.9 Å². The molecule has 25 heavy (non-hydrogen) atoms. The lowest BCUT2D eigenvalue weighted by atomic mass is 10.0. The van der Waals surface area contributed by atoms with Crippen LogP contribution in [0.25, 0.3) is 11.3 Å². The molecule has 2 N–H and O–H groups in total. The summed E-state index contributed by atoms with van der Waals surface area (Å²) in [6, 6.07) is 9.77. The van der Waals surface area contributed by atoms with Gasteiger partial charge in [0.05, 0.1) is 6.54 Å². The number of halogens is 1. The second kappa shape index (κ2) is 8.36. The van der Waals surface area contributed by atoms with Gasteiger partial charge in [0.2, 0.25) is 0 Å². The highest BCUT2D eigenvalue weighted by atomic mass is 35.5. The van der Waals surface area contributed by atoms with Crippen molar-refractivity contribution < 1.29 is 9.36 Å². The first kappa shape index (κ1) is 17.8. The number of amidine groups is 1. The Kier molecular flexibility index (Phi) is 5.94. The van der Waals surface area contributed by atoms with Crippen LogP contribution in [0.3, 0.4) is 0 Å². The molecule has 1 unspecified atom stereocenters. The summed E-state index contributed by atoms with van der Waals surface area (Å²) in [5, 5.41) is 8.70. The number of benzene rings is 1. The fourth-order valence-corrected chi connectivity index (χ4v) is 3.07. The minimum atomic E-state index is 0.191. The SMILES string of the molecule is CC1CCCCN1CC(N)=NOCc1cc(-c2ccc(Cl)cc2)no1. The molecule has 1 fully saturated rings. The molecule has 0 radical (unpaired) electrons. The Balaban J connectivity index is 1.50. The minimum absolute atomic E-state index is 0.191. The van der Waals surface area contributed by atoms with Gasteiger partial charge < -0.3 is 15.1 Å². The second-order valence-corrected chi connectivity index (χ2v) is 6.79. The number of oxime groups is 1. The Morgan fingerprint density at radius 3 is 2.96 bits per heavy atom. The lowest BCUT2D eigenvalue weighted by molar-refractivity contribution is 0.106. The lowest BCUT2D eigenvalue weighted by Crippen LogP contribution is -2.42. The van der Waals surface area contributed by atoms with Gasteiger partial charge in [0.25, 0.3) is 0 Å². The number of nitrogens with two attached hydrogens (primary N) is 1. The third-order valence-electron chi connectivity index (χ3n) is 4.39. The normalized spacial score (nSPS) is 19.1. The van der Waals surface area contributed by atoms with E-state index in [1.165, 1.54) is 19.3 Å². The van der Waals surface area contributed by atoms with E-state index in [1.807, 2.05) is 30.3 Å². The van der Waals surface area contributed by atoms with Crippen LogP contribution in [0.2, 0.25) is 5.02 Å². The molecule has 0 amide bonds. The molecule has 0 saturated carbocycles. The zero-order chi connectivity index (χ0) is 17.6. The van der Waals surface area contributed by atoms with Crippen LogP contribution >= 0.6 is 11.6 Å². The number of hydrogen-bond acceptors (Lipinski definition) is 5. The second-order valence-electron chi connectivity index (χ2n) is 6.36. The van der Waals surface area contributed by atoms with Crippen molar-refractivity contribution in [1.29, 1.82) is 0 Å². The van der Waals surface area contributed by atoms with Crippen LogP contribution in [0.15, 0.2) is 40.0 Å². The molecule has 0 aliphatic carbocycles. The van der Waals surface area contributed by atoms with Gasteiger partial charge in [-0.05, 0) is 38.4 Å². The van der Waals surface area contributed by atoms with Crippen LogP contribution in [0, 0.1) is 0 Å². The summed E-state index contributed by atoms with van der Waals surface area (Å²) in [5.74, 6) is 1.07. The first-order valence-corrected chi connectivity index (χ1v) is 8.89. The molecular formula is C18H23ClN4O2. The Labute approximate surface area is 152 Å². The van der Waals surface area contributed by atoms with Gasteiger partial charge in [0.1, 0.15) is 5.69 Å². The molecule has 1 aliphatic rings. The summed E-state index contributed by atoms with van der Waals surface area (Å²) in [5.41, 5.74) is 7.63. The summed E-state index contributed by atoms with van der Waals surface area (Å²) in [7, 11) is 0. The van der Waals surface area contributed by atoms with Gasteiger partial charge >= 0.3 is 0 Å². The van der Waals surface area contributed by atoms with E-state index in [2.05, 4.69) is 22.1 Å². The van der Waals surface area contributed by atoms with Gasteiger partial charge in [-0.3, -0.25) is 4.90 Å². The Hall–Kier alpha value is -2.05. The van der Waals surface area contributed by atoms with Gasteiger partial charge in [0, 0.05) is 22.7 Å². The number of piperidine rings is 1. The van der Waals surface area contributed by atoms with Gasteiger partial charge in [-0.25, -0.2) is 0 Å². The maximum atomic E-state index is 5.97. The number of aromatic nitrogens is 1. The molecule has 1 aliphatic heterocycles. The molecule has 6 nitrogen and oxygen atoms in total. The lowest BCUT2D eigenvalue weighted by Gasteiger charge is -2.32. The molecule has 1 saturated heterocycles. The highest BCUT2D eigenvalue weighted by Gasteiger charge is 2.18. The third kappa shape index (κ3) is 4.96. The Bertz CT molecular complexity index is 714. The first-order valence-electron chi connectivity index (χ1n) is 8.51. The van der Waals surface area contributed by atoms with E-state index in [0.717, 1.165) is 17.8 Å². The van der Waals surface area contributed by atoms with Crippen molar-refractivity contribution >= 4 is 17.4 Å². The van der Waals surface area contributed by atoms with E-state index in [-0.39, 0.29) is 6.61 Å². The smallest absolute Gasteiger partial charge is 0.177 e. The van der Waals surface area contributed by atoms with E-state index in [4.69, 9.17) is 26.7 Å². The highest BCUT2D eigenvalue weighted by molar-refractivity contribution is 6.30. The quantitative estimate of drug-likeness (QED) is 0.482. The fraction of sp³-hybridized carbons (Fsp3) is 0.444. The first-order chi connectivity index (χ1) is 12.1. The van der Waals surface area contributed by atoms with Gasteiger partial charge in [-0.1, -0.05) is 40.5 Å². The van der Waals surface area contributed by atoms with Crippen LogP contribution < -0.4 is 5.73 Å². The standard InChI is InChI=1S/C18H23ClN4O2/c1-13-4-2-3-9-23(13)11-18(20)22-24-12-16-10-17(21-25-16)14-5-7-15(19)8-6-14/h5-8,10,13H,2-4,9,11-12H2,1H3,(H2,20,22). The molecule has 1 aromatic heterocycles. The molecule has 1 aromatic carbocycles. The van der Waals surface area contributed by atoms with Gasteiger partial charge in [-0.15, -0.1) is 0 Å². The largest absolute Gasteiger partial charge is 0.386 e. The summed E-state index contributed by atoms with van der Waals surface area (Å²) in [4.78, 5) is 7.64. The number of nitrogens with zero attached hydrogens (tertiary/aromatic N) is 3. The zero-order valence-electron chi connectivity index (χ0n) is 14.3. The molecule has 0 spiro atoms. The molecule has 134 valence electrons. The molecule has 2 aromatic rings. The van der Waals surface area contributed by atoms with Crippen LogP contribution in [0.4, 0.5) is 0 Å².